The average molecular weight is 317 g/mol. The van der Waals surface area contributed by atoms with Crippen LogP contribution in [0.25, 0.3) is 0 Å². The van der Waals surface area contributed by atoms with Gasteiger partial charge in [-0.1, -0.05) is 12.1 Å². The molecule has 0 spiro atoms. The van der Waals surface area contributed by atoms with Gasteiger partial charge >= 0.3 is 0 Å². The number of amides is 1. The molecule has 1 atom stereocenters. The van der Waals surface area contributed by atoms with Gasteiger partial charge in [0.05, 0.1) is 13.2 Å². The maximum Gasteiger partial charge on any atom is 0.274 e. The quantitative estimate of drug-likeness (QED) is 0.833. The fourth-order valence-corrected chi connectivity index (χ4v) is 2.49. The minimum Gasteiger partial charge on any atom is -0.370 e. The Morgan fingerprint density at radius 1 is 1.26 bits per heavy atom. The molecule has 7 heteroatoms. The largest absolute Gasteiger partial charge is 0.370 e. The normalized spacial score (nSPS) is 18.0. The van der Waals surface area contributed by atoms with Crippen molar-refractivity contribution in [2.45, 2.75) is 6.10 Å². The van der Waals surface area contributed by atoms with Gasteiger partial charge in [0.2, 0.25) is 0 Å². The fourth-order valence-electron chi connectivity index (χ4n) is 2.49. The maximum atomic E-state index is 13.0. The van der Waals surface area contributed by atoms with Crippen LogP contribution in [0.4, 0.5) is 4.39 Å². The van der Waals surface area contributed by atoms with Gasteiger partial charge in [0, 0.05) is 19.7 Å². The van der Waals surface area contributed by atoms with Crippen LogP contribution in [0.3, 0.4) is 0 Å². The van der Waals surface area contributed by atoms with Crippen LogP contribution < -0.4 is 5.56 Å². The van der Waals surface area contributed by atoms with E-state index in [0.29, 0.717) is 19.7 Å². The Labute approximate surface area is 132 Å². The third kappa shape index (κ3) is 3.29. The van der Waals surface area contributed by atoms with E-state index in [0.717, 1.165) is 10.2 Å². The lowest BCUT2D eigenvalue weighted by Gasteiger charge is -2.33. The summed E-state index contributed by atoms with van der Waals surface area (Å²) in [6, 6.07) is 8.78. The second kappa shape index (κ2) is 6.29. The van der Waals surface area contributed by atoms with E-state index in [4.69, 9.17) is 4.74 Å². The zero-order valence-corrected chi connectivity index (χ0v) is 12.6. The number of carbonyl (C=O) groups excluding carboxylic acids is 1. The van der Waals surface area contributed by atoms with E-state index in [1.54, 1.807) is 17.0 Å². The van der Waals surface area contributed by atoms with Gasteiger partial charge in [-0.3, -0.25) is 9.59 Å². The third-order valence-corrected chi connectivity index (χ3v) is 3.78. The van der Waals surface area contributed by atoms with Gasteiger partial charge in [0.25, 0.3) is 11.5 Å². The number of aromatic nitrogens is 2. The Hall–Kier alpha value is -2.54. The highest BCUT2D eigenvalue weighted by Gasteiger charge is 2.27. The van der Waals surface area contributed by atoms with Crippen LogP contribution in [-0.2, 0) is 11.8 Å². The Balaban J connectivity index is 1.77. The first-order valence-electron chi connectivity index (χ1n) is 7.25. The van der Waals surface area contributed by atoms with Gasteiger partial charge in [-0.15, -0.1) is 0 Å². The van der Waals surface area contributed by atoms with Gasteiger partial charge in [-0.25, -0.2) is 9.07 Å². The molecule has 23 heavy (non-hydrogen) atoms. The molecule has 3 rings (SSSR count). The lowest BCUT2D eigenvalue weighted by atomic mass is 10.1. The van der Waals surface area contributed by atoms with Gasteiger partial charge in [0.15, 0.2) is 0 Å². The SMILES string of the molecule is Cn1nc(C(=O)N2CCOC(c3ccc(F)cc3)C2)ccc1=O. The molecular formula is C16H16FN3O3. The van der Waals surface area contributed by atoms with Crippen molar-refractivity contribution in [1.29, 1.82) is 0 Å². The van der Waals surface area contributed by atoms with Crippen molar-refractivity contribution in [3.05, 3.63) is 63.8 Å². The van der Waals surface area contributed by atoms with Crippen LogP contribution in [0.5, 0.6) is 0 Å². The summed E-state index contributed by atoms with van der Waals surface area (Å²) in [5.41, 5.74) is 0.761. The molecule has 1 unspecified atom stereocenters. The number of halogens is 1. The smallest absolute Gasteiger partial charge is 0.274 e. The maximum absolute atomic E-state index is 13.0. The molecule has 0 aliphatic carbocycles. The van der Waals surface area contributed by atoms with Crippen LogP contribution in [0.15, 0.2) is 41.2 Å². The molecule has 1 aromatic heterocycles. The van der Waals surface area contributed by atoms with Crippen LogP contribution in [0, 0.1) is 5.82 Å². The summed E-state index contributed by atoms with van der Waals surface area (Å²) in [6.07, 6.45) is -0.305. The number of nitrogens with zero attached hydrogens (tertiary/aromatic N) is 3. The molecule has 0 N–H and O–H groups in total. The zero-order valence-electron chi connectivity index (χ0n) is 12.6. The molecule has 0 radical (unpaired) electrons. The topological polar surface area (TPSA) is 64.4 Å². The molecular weight excluding hydrogens is 301 g/mol. The standard InChI is InChI=1S/C16H16FN3O3/c1-19-15(21)7-6-13(18-19)16(22)20-8-9-23-14(10-20)11-2-4-12(17)5-3-11/h2-7,14H,8-10H2,1H3. The van der Waals surface area contributed by atoms with E-state index in [1.165, 1.54) is 31.3 Å². The first kappa shape index (κ1) is 15.4. The van der Waals surface area contributed by atoms with Crippen molar-refractivity contribution >= 4 is 5.91 Å². The summed E-state index contributed by atoms with van der Waals surface area (Å²) >= 11 is 0. The first-order valence-corrected chi connectivity index (χ1v) is 7.25. The molecule has 1 fully saturated rings. The minimum absolute atomic E-state index is 0.215. The summed E-state index contributed by atoms with van der Waals surface area (Å²) in [6.45, 7) is 1.19. The van der Waals surface area contributed by atoms with E-state index in [9.17, 15) is 14.0 Å². The Bertz CT molecular complexity index is 773. The predicted molar refractivity (Wildman–Crippen MR) is 80.5 cm³/mol. The second-order valence-electron chi connectivity index (χ2n) is 5.34. The van der Waals surface area contributed by atoms with Crippen molar-refractivity contribution in [3.63, 3.8) is 0 Å². The number of benzene rings is 1. The second-order valence-corrected chi connectivity index (χ2v) is 5.34. The Morgan fingerprint density at radius 3 is 2.70 bits per heavy atom. The number of aryl methyl sites for hydroxylation is 1. The fraction of sp³-hybridized carbons (Fsp3) is 0.312. The number of ether oxygens (including phenoxy) is 1. The molecule has 1 aliphatic heterocycles. The number of hydrogen-bond donors (Lipinski definition) is 0. The summed E-state index contributed by atoms with van der Waals surface area (Å²) in [4.78, 5) is 25.5. The summed E-state index contributed by atoms with van der Waals surface area (Å²) < 4.78 is 19.8. The van der Waals surface area contributed by atoms with Gasteiger partial charge < -0.3 is 9.64 Å². The van der Waals surface area contributed by atoms with Crippen LogP contribution in [0.2, 0.25) is 0 Å². The first-order chi connectivity index (χ1) is 11.0. The molecule has 1 amide bonds. The highest BCUT2D eigenvalue weighted by Crippen LogP contribution is 2.23. The molecule has 1 aliphatic rings. The van der Waals surface area contributed by atoms with E-state index < -0.39 is 0 Å². The average Bonchev–Trinajstić information content (AvgIpc) is 2.57. The van der Waals surface area contributed by atoms with Gasteiger partial charge in [-0.2, -0.15) is 5.10 Å². The Kier molecular flexibility index (Phi) is 4.20. The third-order valence-electron chi connectivity index (χ3n) is 3.78. The summed E-state index contributed by atoms with van der Waals surface area (Å²) in [5.74, 6) is -0.567. The van der Waals surface area contributed by atoms with Crippen molar-refractivity contribution in [2.75, 3.05) is 19.7 Å². The molecule has 120 valence electrons. The van der Waals surface area contributed by atoms with Crippen molar-refractivity contribution in [1.82, 2.24) is 14.7 Å². The number of rotatable bonds is 2. The summed E-state index contributed by atoms with van der Waals surface area (Å²) in [5, 5.41) is 3.98. The predicted octanol–water partition coefficient (Wildman–Crippen LogP) is 1.13. The molecule has 1 saturated heterocycles. The molecule has 1 aromatic carbocycles. The highest BCUT2D eigenvalue weighted by molar-refractivity contribution is 5.92. The van der Waals surface area contributed by atoms with Crippen molar-refractivity contribution < 1.29 is 13.9 Å². The lowest BCUT2D eigenvalue weighted by Crippen LogP contribution is -2.43. The highest BCUT2D eigenvalue weighted by atomic mass is 19.1. The monoisotopic (exact) mass is 317 g/mol. The molecule has 6 nitrogen and oxygen atoms in total. The van der Waals surface area contributed by atoms with Crippen molar-refractivity contribution in [2.24, 2.45) is 7.05 Å². The van der Waals surface area contributed by atoms with Crippen LogP contribution >= 0.6 is 0 Å². The van der Waals surface area contributed by atoms with E-state index in [1.807, 2.05) is 0 Å². The van der Waals surface area contributed by atoms with E-state index in [-0.39, 0.29) is 29.1 Å². The number of hydrogen-bond acceptors (Lipinski definition) is 4. The van der Waals surface area contributed by atoms with Gasteiger partial charge in [-0.05, 0) is 23.8 Å². The van der Waals surface area contributed by atoms with Crippen LogP contribution in [-0.4, -0.2) is 40.3 Å². The summed E-state index contributed by atoms with van der Waals surface area (Å²) in [7, 11) is 1.50. The zero-order chi connectivity index (χ0) is 16.4. The van der Waals surface area contributed by atoms with Crippen molar-refractivity contribution in [3.8, 4) is 0 Å². The Morgan fingerprint density at radius 2 is 2.00 bits per heavy atom. The van der Waals surface area contributed by atoms with E-state index in [2.05, 4.69) is 5.10 Å². The molecule has 0 bridgehead atoms. The number of carbonyl (C=O) groups is 1. The minimum atomic E-state index is -0.313. The molecule has 0 saturated carbocycles. The lowest BCUT2D eigenvalue weighted by molar-refractivity contribution is -0.0231. The molecule has 2 aromatic rings. The number of morpholine rings is 1. The van der Waals surface area contributed by atoms with Crippen LogP contribution in [0.1, 0.15) is 22.2 Å². The molecule has 2 heterocycles. The van der Waals surface area contributed by atoms with E-state index >= 15 is 0 Å². The van der Waals surface area contributed by atoms with Gasteiger partial charge in [0.1, 0.15) is 17.6 Å².